The van der Waals surface area contributed by atoms with Crippen LogP contribution in [0.25, 0.3) is 11.0 Å². The first-order valence-corrected chi connectivity index (χ1v) is 6.09. The van der Waals surface area contributed by atoms with E-state index in [2.05, 4.69) is 11.9 Å². The predicted molar refractivity (Wildman–Crippen MR) is 68.2 cm³/mol. The van der Waals surface area contributed by atoms with E-state index in [1.165, 1.54) is 7.11 Å². The molecule has 1 aliphatic rings. The summed E-state index contributed by atoms with van der Waals surface area (Å²) in [5, 5.41) is 0. The van der Waals surface area contributed by atoms with Crippen LogP contribution in [0.15, 0.2) is 24.5 Å². The Morgan fingerprint density at radius 3 is 2.89 bits per heavy atom. The van der Waals surface area contributed by atoms with Crippen LogP contribution in [0.1, 0.15) is 18.9 Å². The summed E-state index contributed by atoms with van der Waals surface area (Å²) in [4.78, 5) is 16.3. The average molecular weight is 244 g/mol. The van der Waals surface area contributed by atoms with Crippen molar-refractivity contribution in [3.63, 3.8) is 0 Å². The second kappa shape index (κ2) is 3.57. The molecular formula is C14H16N2O2. The van der Waals surface area contributed by atoms with Gasteiger partial charge in [-0.1, -0.05) is 13.0 Å². The van der Waals surface area contributed by atoms with Crippen molar-refractivity contribution in [3.05, 3.63) is 30.1 Å². The highest BCUT2D eigenvalue weighted by molar-refractivity contribution is 5.89. The van der Waals surface area contributed by atoms with Gasteiger partial charge in [-0.3, -0.25) is 4.79 Å². The van der Waals surface area contributed by atoms with Gasteiger partial charge in [0.15, 0.2) is 0 Å². The zero-order chi connectivity index (χ0) is 12.9. The van der Waals surface area contributed by atoms with Crippen LogP contribution in [0.3, 0.4) is 0 Å². The maximum Gasteiger partial charge on any atom is 0.316 e. The number of aromatic nitrogens is 2. The molecule has 0 amide bonds. The van der Waals surface area contributed by atoms with Gasteiger partial charge in [-0.25, -0.2) is 4.98 Å². The van der Waals surface area contributed by atoms with Gasteiger partial charge in [0.2, 0.25) is 0 Å². The molecule has 0 bridgehead atoms. The minimum atomic E-state index is -0.444. The number of benzene rings is 1. The molecule has 0 spiro atoms. The molecule has 4 heteroatoms. The number of esters is 1. The van der Waals surface area contributed by atoms with Crippen molar-refractivity contribution < 1.29 is 9.53 Å². The van der Waals surface area contributed by atoms with Crippen molar-refractivity contribution in [2.75, 3.05) is 7.11 Å². The molecule has 94 valence electrons. The normalized spacial score (nSPS) is 26.3. The first-order valence-electron chi connectivity index (χ1n) is 6.09. The number of hydrogen-bond donors (Lipinski definition) is 0. The molecule has 1 saturated carbocycles. The standard InChI is InChI=1S/C14H16N2O2/c1-9-7-14(9,13(17)18-3)10-4-5-12-11(6-10)15-8-16(12)2/h4-6,8-9H,7H2,1-3H3. The van der Waals surface area contributed by atoms with Crippen LogP contribution in [-0.4, -0.2) is 22.6 Å². The molecule has 1 fully saturated rings. The van der Waals surface area contributed by atoms with Crippen molar-refractivity contribution in [1.82, 2.24) is 9.55 Å². The lowest BCUT2D eigenvalue weighted by Crippen LogP contribution is -2.24. The van der Waals surface area contributed by atoms with Gasteiger partial charge in [0.25, 0.3) is 0 Å². The lowest BCUT2D eigenvalue weighted by molar-refractivity contribution is -0.144. The lowest BCUT2D eigenvalue weighted by Gasteiger charge is -2.14. The van der Waals surface area contributed by atoms with Gasteiger partial charge in [-0.05, 0) is 30.0 Å². The molecule has 3 rings (SSSR count). The fraction of sp³-hybridized carbons (Fsp3) is 0.429. The Labute approximate surface area is 106 Å². The molecule has 1 aromatic carbocycles. The molecule has 0 radical (unpaired) electrons. The van der Waals surface area contributed by atoms with Crippen LogP contribution < -0.4 is 0 Å². The highest BCUT2D eigenvalue weighted by atomic mass is 16.5. The second-order valence-corrected chi connectivity index (χ2v) is 5.13. The minimum absolute atomic E-state index is 0.134. The molecule has 2 atom stereocenters. The van der Waals surface area contributed by atoms with Crippen molar-refractivity contribution >= 4 is 17.0 Å². The zero-order valence-corrected chi connectivity index (χ0v) is 10.8. The summed E-state index contributed by atoms with van der Waals surface area (Å²) in [6.07, 6.45) is 2.65. The van der Waals surface area contributed by atoms with E-state index in [4.69, 9.17) is 4.74 Å². The van der Waals surface area contributed by atoms with Gasteiger partial charge in [-0.15, -0.1) is 0 Å². The molecule has 18 heavy (non-hydrogen) atoms. The predicted octanol–water partition coefficient (Wildman–Crippen LogP) is 2.02. The topological polar surface area (TPSA) is 44.1 Å². The van der Waals surface area contributed by atoms with Crippen molar-refractivity contribution in [1.29, 1.82) is 0 Å². The van der Waals surface area contributed by atoms with Crippen LogP contribution in [0.4, 0.5) is 0 Å². The number of carbonyl (C=O) groups is 1. The smallest absolute Gasteiger partial charge is 0.316 e. The van der Waals surface area contributed by atoms with Gasteiger partial charge < -0.3 is 9.30 Å². The van der Waals surface area contributed by atoms with E-state index >= 15 is 0 Å². The van der Waals surface area contributed by atoms with E-state index in [1.807, 2.05) is 29.8 Å². The third-order valence-corrected chi connectivity index (χ3v) is 4.10. The summed E-state index contributed by atoms with van der Waals surface area (Å²) in [5.41, 5.74) is 2.58. The van der Waals surface area contributed by atoms with E-state index < -0.39 is 5.41 Å². The first-order chi connectivity index (χ1) is 8.59. The van der Waals surface area contributed by atoms with E-state index in [9.17, 15) is 4.79 Å². The number of hydrogen-bond acceptors (Lipinski definition) is 3. The lowest BCUT2D eigenvalue weighted by atomic mass is 9.93. The quantitative estimate of drug-likeness (QED) is 0.759. The monoisotopic (exact) mass is 244 g/mol. The summed E-state index contributed by atoms with van der Waals surface area (Å²) in [5.74, 6) is 0.205. The zero-order valence-electron chi connectivity index (χ0n) is 10.8. The first kappa shape index (κ1) is 11.3. The number of methoxy groups -OCH3 is 1. The fourth-order valence-corrected chi connectivity index (χ4v) is 2.82. The van der Waals surface area contributed by atoms with E-state index in [0.29, 0.717) is 5.92 Å². The number of imidazole rings is 1. The van der Waals surface area contributed by atoms with Gasteiger partial charge in [-0.2, -0.15) is 0 Å². The molecule has 2 aromatic rings. The van der Waals surface area contributed by atoms with E-state index in [1.54, 1.807) is 6.33 Å². The van der Waals surface area contributed by atoms with Crippen LogP contribution >= 0.6 is 0 Å². The SMILES string of the molecule is COC(=O)C1(c2ccc3c(c2)ncn3C)CC1C. The van der Waals surface area contributed by atoms with Crippen molar-refractivity contribution in [3.8, 4) is 0 Å². The molecule has 0 N–H and O–H groups in total. The maximum atomic E-state index is 12.0. The van der Waals surface area contributed by atoms with Crippen LogP contribution in [0, 0.1) is 5.92 Å². The summed E-state index contributed by atoms with van der Waals surface area (Å²) in [6.45, 7) is 2.08. The molecule has 1 aliphatic carbocycles. The Bertz CT molecular complexity index is 632. The summed E-state index contributed by atoms with van der Waals surface area (Å²) in [6, 6.07) is 6.05. The van der Waals surface area contributed by atoms with E-state index in [0.717, 1.165) is 23.0 Å². The number of aryl methyl sites for hydroxylation is 1. The Morgan fingerprint density at radius 1 is 1.56 bits per heavy atom. The molecule has 4 nitrogen and oxygen atoms in total. The van der Waals surface area contributed by atoms with Gasteiger partial charge >= 0.3 is 5.97 Å². The largest absolute Gasteiger partial charge is 0.468 e. The Kier molecular flexibility index (Phi) is 2.24. The second-order valence-electron chi connectivity index (χ2n) is 5.13. The number of ether oxygens (including phenoxy) is 1. The Morgan fingerprint density at radius 2 is 2.28 bits per heavy atom. The minimum Gasteiger partial charge on any atom is -0.468 e. The summed E-state index contributed by atoms with van der Waals surface area (Å²) >= 11 is 0. The van der Waals surface area contributed by atoms with Crippen LogP contribution in [0.2, 0.25) is 0 Å². The Hall–Kier alpha value is -1.84. The van der Waals surface area contributed by atoms with Gasteiger partial charge in [0, 0.05) is 7.05 Å². The number of nitrogens with zero attached hydrogens (tertiary/aromatic N) is 2. The summed E-state index contributed by atoms with van der Waals surface area (Å²) < 4.78 is 6.93. The van der Waals surface area contributed by atoms with Gasteiger partial charge in [0.05, 0.1) is 29.9 Å². The van der Waals surface area contributed by atoms with Gasteiger partial charge in [0.1, 0.15) is 0 Å². The Balaban J connectivity index is 2.11. The van der Waals surface area contributed by atoms with Crippen LogP contribution in [0.5, 0.6) is 0 Å². The summed E-state index contributed by atoms with van der Waals surface area (Å²) in [7, 11) is 3.42. The van der Waals surface area contributed by atoms with E-state index in [-0.39, 0.29) is 5.97 Å². The number of carbonyl (C=O) groups excluding carboxylic acids is 1. The molecule has 1 aromatic heterocycles. The molecule has 2 unspecified atom stereocenters. The third-order valence-electron chi connectivity index (χ3n) is 4.10. The molecule has 0 aliphatic heterocycles. The maximum absolute atomic E-state index is 12.0. The van der Waals surface area contributed by atoms with Crippen molar-refractivity contribution in [2.45, 2.75) is 18.8 Å². The molecule has 1 heterocycles. The number of fused-ring (bicyclic) bond motifs is 1. The molecular weight excluding hydrogens is 228 g/mol. The highest BCUT2D eigenvalue weighted by Gasteiger charge is 2.59. The number of rotatable bonds is 2. The third kappa shape index (κ3) is 1.32. The van der Waals surface area contributed by atoms with Crippen molar-refractivity contribution in [2.24, 2.45) is 13.0 Å². The highest BCUT2D eigenvalue weighted by Crippen LogP contribution is 2.55. The average Bonchev–Trinajstić information content (AvgIpc) is 2.94. The molecule has 0 saturated heterocycles. The fourth-order valence-electron chi connectivity index (χ4n) is 2.82. The van der Waals surface area contributed by atoms with Crippen LogP contribution in [-0.2, 0) is 22.0 Å².